The summed E-state index contributed by atoms with van der Waals surface area (Å²) in [5, 5.41) is 0. The number of aldehydes is 1. The molecule has 0 heterocycles. The van der Waals surface area contributed by atoms with Crippen molar-refractivity contribution in [1.82, 2.24) is 0 Å². The fraction of sp³-hybridized carbons (Fsp3) is 0.783. The standard InChI is InChI=1S/C23H40O2Si/c1-8-15-23(7)20-13-12-18(5)19(17-24)22(20,6)16-14-21(23)25-26(9-2,10-3)11-4/h8,17,19-21H,1,5,9-16H2,2-4,6-7H3/t19-,20-,21+,22-,23+/m1/s1. The zero-order valence-corrected chi connectivity index (χ0v) is 18.8. The Morgan fingerprint density at radius 2 is 1.81 bits per heavy atom. The molecule has 2 rings (SSSR count). The van der Waals surface area contributed by atoms with Gasteiger partial charge in [0.25, 0.3) is 0 Å². The molecule has 2 saturated carbocycles. The molecule has 26 heavy (non-hydrogen) atoms. The Morgan fingerprint density at radius 3 is 2.31 bits per heavy atom. The first-order chi connectivity index (χ1) is 12.3. The molecule has 3 heteroatoms. The molecule has 148 valence electrons. The maximum atomic E-state index is 11.9. The van der Waals surface area contributed by atoms with Crippen molar-refractivity contribution in [2.75, 3.05) is 0 Å². The minimum Gasteiger partial charge on any atom is -0.413 e. The topological polar surface area (TPSA) is 26.3 Å². The van der Waals surface area contributed by atoms with Crippen LogP contribution in [0, 0.1) is 22.7 Å². The maximum absolute atomic E-state index is 11.9. The lowest BCUT2D eigenvalue weighted by atomic mass is 9.46. The van der Waals surface area contributed by atoms with Crippen LogP contribution < -0.4 is 0 Å². The average molecular weight is 377 g/mol. The summed E-state index contributed by atoms with van der Waals surface area (Å²) in [7, 11) is -1.66. The van der Waals surface area contributed by atoms with Crippen molar-refractivity contribution in [3.05, 3.63) is 24.8 Å². The van der Waals surface area contributed by atoms with Gasteiger partial charge < -0.3 is 9.22 Å². The van der Waals surface area contributed by atoms with Crippen LogP contribution in [0.4, 0.5) is 0 Å². The lowest BCUT2D eigenvalue weighted by Crippen LogP contribution is -2.59. The van der Waals surface area contributed by atoms with Crippen LogP contribution in [0.3, 0.4) is 0 Å². The summed E-state index contributed by atoms with van der Waals surface area (Å²) < 4.78 is 7.06. The molecule has 0 aromatic heterocycles. The van der Waals surface area contributed by atoms with Gasteiger partial charge >= 0.3 is 0 Å². The van der Waals surface area contributed by atoms with E-state index in [-0.39, 0.29) is 16.7 Å². The third-order valence-corrected chi connectivity index (χ3v) is 12.9. The molecule has 0 radical (unpaired) electrons. The second kappa shape index (κ2) is 8.14. The van der Waals surface area contributed by atoms with Crippen molar-refractivity contribution in [3.63, 3.8) is 0 Å². The highest BCUT2D eigenvalue weighted by Crippen LogP contribution is 2.62. The first-order valence-corrected chi connectivity index (χ1v) is 13.2. The second-order valence-electron chi connectivity index (χ2n) is 9.26. The number of hydrogen-bond acceptors (Lipinski definition) is 2. The summed E-state index contributed by atoms with van der Waals surface area (Å²) in [5.74, 6) is 0.488. The van der Waals surface area contributed by atoms with E-state index in [1.54, 1.807) is 0 Å². The highest BCUT2D eigenvalue weighted by Gasteiger charge is 2.58. The molecule has 5 atom stereocenters. The molecule has 0 saturated heterocycles. The summed E-state index contributed by atoms with van der Waals surface area (Å²) in [5.41, 5.74) is 1.22. The summed E-state index contributed by atoms with van der Waals surface area (Å²) >= 11 is 0. The molecular formula is C23H40O2Si. The van der Waals surface area contributed by atoms with Gasteiger partial charge in [-0.2, -0.15) is 0 Å². The molecule has 0 N–H and O–H groups in total. The van der Waals surface area contributed by atoms with Crippen molar-refractivity contribution in [2.24, 2.45) is 22.7 Å². The van der Waals surface area contributed by atoms with Gasteiger partial charge in [-0.05, 0) is 67.0 Å². The maximum Gasteiger partial charge on any atom is 0.192 e. The molecule has 0 spiro atoms. The molecule has 0 aliphatic heterocycles. The van der Waals surface area contributed by atoms with E-state index in [9.17, 15) is 4.79 Å². The lowest BCUT2D eigenvalue weighted by Gasteiger charge is -2.61. The highest BCUT2D eigenvalue weighted by molar-refractivity contribution is 6.73. The van der Waals surface area contributed by atoms with Crippen LogP contribution in [0.2, 0.25) is 18.1 Å². The third-order valence-electron chi connectivity index (χ3n) is 8.22. The SMILES string of the molecule is C=CC[C@@]1(C)[C@@H]2CCC(=C)[C@@H](C=O)[C@@]2(C)CC[C@@H]1O[Si](CC)(CC)CC. The van der Waals surface area contributed by atoms with E-state index in [2.05, 4.69) is 53.9 Å². The van der Waals surface area contributed by atoms with Crippen LogP contribution in [-0.2, 0) is 9.22 Å². The molecule has 2 nitrogen and oxygen atoms in total. The monoisotopic (exact) mass is 376 g/mol. The Balaban J connectivity index is 2.42. The van der Waals surface area contributed by atoms with Gasteiger partial charge in [-0.15, -0.1) is 6.58 Å². The first-order valence-electron chi connectivity index (χ1n) is 10.7. The Hall–Kier alpha value is -0.673. The summed E-state index contributed by atoms with van der Waals surface area (Å²) in [4.78, 5) is 11.9. The first kappa shape index (κ1) is 21.6. The average Bonchev–Trinajstić information content (AvgIpc) is 2.62. The normalized spacial score (nSPS) is 37.9. The van der Waals surface area contributed by atoms with Gasteiger partial charge in [0, 0.05) is 5.92 Å². The molecule has 0 aromatic rings. The Morgan fingerprint density at radius 1 is 1.19 bits per heavy atom. The van der Waals surface area contributed by atoms with Crippen molar-refractivity contribution in [1.29, 1.82) is 0 Å². The Bertz CT molecular complexity index is 530. The van der Waals surface area contributed by atoms with Gasteiger partial charge in [0.15, 0.2) is 8.32 Å². The number of carbonyl (C=O) groups is 1. The van der Waals surface area contributed by atoms with Gasteiger partial charge in [-0.25, -0.2) is 0 Å². The fourth-order valence-corrected chi connectivity index (χ4v) is 9.23. The number of rotatable bonds is 8. The predicted octanol–water partition coefficient (Wildman–Crippen LogP) is 6.54. The number of carbonyl (C=O) groups excluding carboxylic acids is 1. The molecule has 0 unspecified atom stereocenters. The lowest BCUT2D eigenvalue weighted by molar-refractivity contribution is -0.138. The van der Waals surface area contributed by atoms with Crippen molar-refractivity contribution < 1.29 is 9.22 Å². The third kappa shape index (κ3) is 3.42. The van der Waals surface area contributed by atoms with Crippen molar-refractivity contribution in [3.8, 4) is 0 Å². The van der Waals surface area contributed by atoms with Crippen LogP contribution in [0.25, 0.3) is 0 Å². The van der Waals surface area contributed by atoms with Crippen LogP contribution in [0.1, 0.15) is 66.7 Å². The van der Waals surface area contributed by atoms with E-state index < -0.39 is 8.32 Å². The second-order valence-corrected chi connectivity index (χ2v) is 14.0. The van der Waals surface area contributed by atoms with E-state index in [1.807, 2.05) is 0 Å². The molecule has 0 amide bonds. The van der Waals surface area contributed by atoms with Crippen LogP contribution in [0.5, 0.6) is 0 Å². The number of hydrogen-bond donors (Lipinski definition) is 0. The fourth-order valence-electron chi connectivity index (χ4n) is 6.24. The zero-order valence-electron chi connectivity index (χ0n) is 17.8. The smallest absolute Gasteiger partial charge is 0.192 e. The minimum atomic E-state index is -1.66. The molecule has 0 aromatic carbocycles. The van der Waals surface area contributed by atoms with Crippen LogP contribution >= 0.6 is 0 Å². The zero-order chi connectivity index (χ0) is 19.6. The van der Waals surface area contributed by atoms with E-state index in [0.29, 0.717) is 12.0 Å². The van der Waals surface area contributed by atoms with E-state index in [0.717, 1.165) is 37.7 Å². The molecule has 2 fully saturated rings. The Labute approximate surface area is 162 Å². The van der Waals surface area contributed by atoms with E-state index >= 15 is 0 Å². The largest absolute Gasteiger partial charge is 0.413 e. The van der Waals surface area contributed by atoms with Gasteiger partial charge in [0.05, 0.1) is 6.10 Å². The highest BCUT2D eigenvalue weighted by atomic mass is 28.4. The quantitative estimate of drug-likeness (QED) is 0.273. The molecular weight excluding hydrogens is 336 g/mol. The molecule has 0 bridgehead atoms. The van der Waals surface area contributed by atoms with Gasteiger partial charge in [0.2, 0.25) is 0 Å². The van der Waals surface area contributed by atoms with Gasteiger partial charge in [-0.3, -0.25) is 0 Å². The van der Waals surface area contributed by atoms with Gasteiger partial charge in [-0.1, -0.05) is 52.8 Å². The summed E-state index contributed by atoms with van der Waals surface area (Å²) in [6.45, 7) is 20.0. The summed E-state index contributed by atoms with van der Waals surface area (Å²) in [6, 6.07) is 3.57. The van der Waals surface area contributed by atoms with E-state index in [4.69, 9.17) is 4.43 Å². The van der Waals surface area contributed by atoms with Gasteiger partial charge in [0.1, 0.15) is 6.29 Å². The minimum absolute atomic E-state index is 0.00290. The number of fused-ring (bicyclic) bond motifs is 1. The predicted molar refractivity (Wildman–Crippen MR) is 114 cm³/mol. The summed E-state index contributed by atoms with van der Waals surface area (Å²) in [6.07, 6.45) is 8.75. The molecule has 2 aliphatic rings. The van der Waals surface area contributed by atoms with Crippen molar-refractivity contribution >= 4 is 14.6 Å². The van der Waals surface area contributed by atoms with Crippen LogP contribution in [0.15, 0.2) is 24.8 Å². The Kier molecular flexibility index (Phi) is 6.77. The molecule has 2 aliphatic carbocycles. The number of allylic oxidation sites excluding steroid dienone is 2. The van der Waals surface area contributed by atoms with Crippen molar-refractivity contribution in [2.45, 2.75) is 91.0 Å². The van der Waals surface area contributed by atoms with Crippen LogP contribution in [-0.4, -0.2) is 20.7 Å². The van der Waals surface area contributed by atoms with E-state index in [1.165, 1.54) is 24.4 Å².